The lowest BCUT2D eigenvalue weighted by molar-refractivity contribution is -0.110. The normalized spacial score (nSPS) is 16.0. The minimum absolute atomic E-state index is 0.139. The summed E-state index contributed by atoms with van der Waals surface area (Å²) < 4.78 is 5.16. The van der Waals surface area contributed by atoms with Crippen molar-refractivity contribution in [3.05, 3.63) is 44.6 Å². The van der Waals surface area contributed by atoms with Crippen molar-refractivity contribution in [3.8, 4) is 0 Å². The number of ether oxygens (including phenoxy) is 1. The molecule has 0 aliphatic carbocycles. The zero-order chi connectivity index (χ0) is 25.0. The van der Waals surface area contributed by atoms with E-state index in [1.54, 1.807) is 0 Å². The van der Waals surface area contributed by atoms with Crippen LogP contribution < -0.4 is 16.3 Å². The lowest BCUT2D eigenvalue weighted by Gasteiger charge is -2.17. The molecule has 1 aliphatic rings. The number of rotatable bonds is 8. The van der Waals surface area contributed by atoms with Crippen molar-refractivity contribution < 1.29 is 14.3 Å². The number of hydrogen-bond acceptors (Lipinski definition) is 6. The van der Waals surface area contributed by atoms with Gasteiger partial charge in [-0.25, -0.2) is 4.98 Å². The van der Waals surface area contributed by atoms with Gasteiger partial charge in [0.1, 0.15) is 12.6 Å². The predicted octanol–water partition coefficient (Wildman–Crippen LogP) is 3.13. The van der Waals surface area contributed by atoms with Crippen LogP contribution in [0.4, 0.5) is 0 Å². The highest BCUT2D eigenvalue weighted by Gasteiger charge is 2.28. The van der Waals surface area contributed by atoms with Gasteiger partial charge in [-0.05, 0) is 35.8 Å². The summed E-state index contributed by atoms with van der Waals surface area (Å²) in [6, 6.07) is -0.204. The van der Waals surface area contributed by atoms with Crippen LogP contribution in [0.25, 0.3) is 18.9 Å². The molecule has 178 valence electrons. The molecule has 6 nitrogen and oxygen atoms in total. The molecule has 0 spiro atoms. The molecule has 0 amide bonds. The second-order valence-corrected chi connectivity index (χ2v) is 7.13. The Morgan fingerprint density at radius 2 is 1.84 bits per heavy atom. The van der Waals surface area contributed by atoms with Gasteiger partial charge in [-0.3, -0.25) is 4.79 Å². The van der Waals surface area contributed by atoms with Gasteiger partial charge in [0.2, 0.25) is 0 Å². The van der Waals surface area contributed by atoms with Crippen molar-refractivity contribution >= 4 is 31.4 Å². The minimum atomic E-state index is -0.403. The van der Waals surface area contributed by atoms with Crippen molar-refractivity contribution in [1.29, 1.82) is 0 Å². The number of hydrogen-bond donors (Lipinski definition) is 1. The molecule has 0 saturated carbocycles. The fourth-order valence-corrected chi connectivity index (χ4v) is 3.65. The van der Waals surface area contributed by atoms with Crippen LogP contribution in [-0.4, -0.2) is 43.2 Å². The fraction of sp³-hybridized carbons (Fsp3) is 0.500. The SMILES string of the molecule is C=c1nc2c(c([C@H](C)N)c1=C)CN(C)/C2=C\C(=C(/C=O)COC)[C@H](C=O)CC.CC.CC. The number of carbonyl (C=O) groups is 2. The van der Waals surface area contributed by atoms with Gasteiger partial charge >= 0.3 is 0 Å². The minimum Gasteiger partial charge on any atom is -0.380 e. The lowest BCUT2D eigenvalue weighted by atomic mass is 9.92. The van der Waals surface area contributed by atoms with E-state index in [-0.39, 0.29) is 12.6 Å². The van der Waals surface area contributed by atoms with E-state index in [1.165, 1.54) is 7.11 Å². The van der Waals surface area contributed by atoms with E-state index in [1.807, 2.05) is 59.6 Å². The maximum atomic E-state index is 11.7. The third kappa shape index (κ3) is 6.47. The largest absolute Gasteiger partial charge is 0.380 e. The Morgan fingerprint density at radius 1 is 1.25 bits per heavy atom. The molecule has 1 aromatic rings. The number of methoxy groups -OCH3 is 1. The average Bonchev–Trinajstić information content (AvgIpc) is 3.09. The van der Waals surface area contributed by atoms with Crippen LogP contribution in [0.2, 0.25) is 0 Å². The van der Waals surface area contributed by atoms with Crippen LogP contribution >= 0.6 is 0 Å². The smallest absolute Gasteiger partial charge is 0.148 e. The first-order valence-corrected chi connectivity index (χ1v) is 11.3. The number of aldehydes is 2. The quantitative estimate of drug-likeness (QED) is 0.491. The Hall–Kier alpha value is -2.57. The highest BCUT2D eigenvalue weighted by molar-refractivity contribution is 5.81. The van der Waals surface area contributed by atoms with E-state index in [4.69, 9.17) is 10.5 Å². The first kappa shape index (κ1) is 29.4. The predicted molar refractivity (Wildman–Crippen MR) is 134 cm³/mol. The van der Waals surface area contributed by atoms with Crippen molar-refractivity contribution in [2.75, 3.05) is 20.8 Å². The Morgan fingerprint density at radius 3 is 2.28 bits per heavy atom. The summed E-state index contributed by atoms with van der Waals surface area (Å²) in [5.74, 6) is -0.403. The maximum Gasteiger partial charge on any atom is 0.148 e. The van der Waals surface area contributed by atoms with Crippen molar-refractivity contribution in [1.82, 2.24) is 9.88 Å². The molecule has 0 radical (unpaired) electrons. The second-order valence-electron chi connectivity index (χ2n) is 7.13. The van der Waals surface area contributed by atoms with Crippen LogP contribution in [0.1, 0.15) is 70.8 Å². The van der Waals surface area contributed by atoms with Crippen molar-refractivity contribution in [2.45, 2.75) is 60.5 Å². The van der Waals surface area contributed by atoms with Crippen molar-refractivity contribution in [3.63, 3.8) is 0 Å². The van der Waals surface area contributed by atoms with Gasteiger partial charge in [-0.15, -0.1) is 0 Å². The van der Waals surface area contributed by atoms with Crippen molar-refractivity contribution in [2.24, 2.45) is 11.7 Å². The molecule has 6 heteroatoms. The summed E-state index contributed by atoms with van der Waals surface area (Å²) in [6.07, 6.45) is 4.08. The van der Waals surface area contributed by atoms with Crippen LogP contribution in [-0.2, 0) is 20.9 Å². The Kier molecular flexibility index (Phi) is 13.3. The lowest BCUT2D eigenvalue weighted by Crippen LogP contribution is -2.34. The molecule has 2 heterocycles. The molecule has 2 N–H and O–H groups in total. The molecule has 0 bridgehead atoms. The summed E-state index contributed by atoms with van der Waals surface area (Å²) in [5, 5.41) is 1.33. The van der Waals surface area contributed by atoms with Gasteiger partial charge in [0.15, 0.2) is 0 Å². The van der Waals surface area contributed by atoms with Crippen LogP contribution in [0.15, 0.2) is 17.2 Å². The zero-order valence-corrected chi connectivity index (χ0v) is 21.1. The zero-order valence-electron chi connectivity index (χ0n) is 21.1. The third-order valence-corrected chi connectivity index (χ3v) is 5.14. The molecule has 0 saturated heterocycles. The monoisotopic (exact) mass is 443 g/mol. The Labute approximate surface area is 193 Å². The van der Waals surface area contributed by atoms with Gasteiger partial charge in [-0.1, -0.05) is 47.8 Å². The molecule has 1 aromatic heterocycles. The highest BCUT2D eigenvalue weighted by Crippen LogP contribution is 2.34. The number of nitrogens with zero attached hydrogens (tertiary/aromatic N) is 2. The third-order valence-electron chi connectivity index (χ3n) is 5.14. The molecule has 0 unspecified atom stereocenters. The number of nitrogens with two attached hydrogens (primary N) is 1. The van der Waals surface area contributed by atoms with E-state index in [9.17, 15) is 9.59 Å². The van der Waals surface area contributed by atoms with Crippen LogP contribution in [0.3, 0.4) is 0 Å². The van der Waals surface area contributed by atoms with Gasteiger partial charge in [0.25, 0.3) is 0 Å². The first-order chi connectivity index (χ1) is 15.3. The maximum absolute atomic E-state index is 11.7. The number of pyridine rings is 1. The fourth-order valence-electron chi connectivity index (χ4n) is 3.65. The number of carbonyl (C=O) groups excluding carboxylic acids is 2. The molecule has 0 aromatic carbocycles. The summed E-state index contributed by atoms with van der Waals surface area (Å²) in [6.45, 7) is 20.7. The van der Waals surface area contributed by atoms with E-state index in [2.05, 4.69) is 18.1 Å². The number of allylic oxidation sites excluding steroid dienone is 2. The molecular formula is C26H41N3O3. The van der Waals surface area contributed by atoms with E-state index >= 15 is 0 Å². The van der Waals surface area contributed by atoms with E-state index in [0.29, 0.717) is 29.5 Å². The van der Waals surface area contributed by atoms with Gasteiger partial charge in [-0.2, -0.15) is 0 Å². The van der Waals surface area contributed by atoms with E-state index < -0.39 is 5.92 Å². The Balaban J connectivity index is 0.00000227. The van der Waals surface area contributed by atoms with Gasteiger partial charge in [0.05, 0.1) is 23.3 Å². The van der Waals surface area contributed by atoms with E-state index in [0.717, 1.165) is 40.3 Å². The average molecular weight is 444 g/mol. The molecule has 0 fully saturated rings. The van der Waals surface area contributed by atoms with Gasteiger partial charge in [0, 0.05) is 43.8 Å². The highest BCUT2D eigenvalue weighted by atomic mass is 16.5. The molecule has 2 rings (SSSR count). The number of aromatic nitrogens is 1. The molecule has 1 aliphatic heterocycles. The summed E-state index contributed by atoms with van der Waals surface area (Å²) in [4.78, 5) is 30.0. The summed E-state index contributed by atoms with van der Waals surface area (Å²) in [5.41, 5.74) is 10.9. The summed E-state index contributed by atoms with van der Waals surface area (Å²) >= 11 is 0. The summed E-state index contributed by atoms with van der Waals surface area (Å²) in [7, 11) is 3.47. The Bertz CT molecular complexity index is 933. The van der Waals surface area contributed by atoms with Crippen LogP contribution in [0, 0.1) is 5.92 Å². The molecular weight excluding hydrogens is 402 g/mol. The topological polar surface area (TPSA) is 85.5 Å². The number of fused-ring (bicyclic) bond motifs is 1. The molecule has 32 heavy (non-hydrogen) atoms. The van der Waals surface area contributed by atoms with Gasteiger partial charge < -0.3 is 20.2 Å². The molecule has 2 atom stereocenters. The van der Waals surface area contributed by atoms with Crippen LogP contribution in [0.5, 0.6) is 0 Å². The first-order valence-electron chi connectivity index (χ1n) is 11.3. The standard InChI is InChI=1S/C22H29N3O3.2C2H6/c1-7-16(10-26)18(17(11-27)12-28-6)8-20-22-19(9-25(20)5)21(14(3)23)13(2)15(4)24-22;2*1-2/h8,10-11,14,16H,2,4,7,9,12,23H2,1,3,5-6H3;2*1-2H3/b18-17-,20-8-;;/t14-,16-;;/m0../s1. The second kappa shape index (κ2) is 14.5.